The molecule has 1 aromatic carbocycles. The Bertz CT molecular complexity index is 822. The van der Waals surface area contributed by atoms with Gasteiger partial charge < -0.3 is 19.7 Å². The second-order valence-corrected chi connectivity index (χ2v) is 8.86. The summed E-state index contributed by atoms with van der Waals surface area (Å²) in [6.07, 6.45) is 8.75. The second-order valence-electron chi connectivity index (χ2n) is 8.01. The Morgan fingerprint density at radius 1 is 1.30 bits per heavy atom. The summed E-state index contributed by atoms with van der Waals surface area (Å²) in [7, 11) is 0. The highest BCUT2D eigenvalue weighted by atomic mass is 79.9. The molecule has 0 radical (unpaired) electrons. The zero-order valence-electron chi connectivity index (χ0n) is 15.5. The third-order valence-corrected chi connectivity index (χ3v) is 6.89. The van der Waals surface area contributed by atoms with Crippen LogP contribution in [-0.4, -0.2) is 35.4 Å². The number of aromatic nitrogens is 1. The van der Waals surface area contributed by atoms with Gasteiger partial charge in [0, 0.05) is 34.4 Å². The fourth-order valence-electron chi connectivity index (χ4n) is 4.77. The molecule has 2 N–H and O–H groups in total. The molecule has 4 rings (SSSR count). The number of carbonyl (C=O) groups excluding carboxylic acids is 1. The average Bonchev–Trinajstić information content (AvgIpc) is 2.98. The summed E-state index contributed by atoms with van der Waals surface area (Å²) in [5.41, 5.74) is 1.82. The quantitative estimate of drug-likeness (QED) is 0.711. The lowest BCUT2D eigenvalue weighted by Gasteiger charge is -2.48. The molecular formula is C21H27BrN2O3. The first kappa shape index (κ1) is 19.0. The van der Waals surface area contributed by atoms with Crippen molar-refractivity contribution in [3.8, 4) is 0 Å². The zero-order chi connectivity index (χ0) is 18.9. The van der Waals surface area contributed by atoms with Crippen LogP contribution in [0, 0.1) is 11.3 Å². The molecule has 5 nitrogen and oxygen atoms in total. The van der Waals surface area contributed by atoms with Gasteiger partial charge in [0.15, 0.2) is 0 Å². The minimum absolute atomic E-state index is 0.0191. The molecule has 0 bridgehead atoms. The highest BCUT2D eigenvalue weighted by molar-refractivity contribution is 9.10. The van der Waals surface area contributed by atoms with E-state index >= 15 is 0 Å². The molecule has 1 saturated carbocycles. The Morgan fingerprint density at radius 3 is 2.74 bits per heavy atom. The van der Waals surface area contributed by atoms with E-state index in [1.165, 1.54) is 32.1 Å². The summed E-state index contributed by atoms with van der Waals surface area (Å²) in [6, 6.07) is 5.95. The number of carbonyl (C=O) groups is 1. The van der Waals surface area contributed by atoms with Gasteiger partial charge in [-0.05, 0) is 30.9 Å². The van der Waals surface area contributed by atoms with E-state index in [2.05, 4.69) is 21.2 Å². The van der Waals surface area contributed by atoms with Crippen LogP contribution >= 0.6 is 15.9 Å². The van der Waals surface area contributed by atoms with E-state index in [1.54, 1.807) is 0 Å². The fourth-order valence-corrected chi connectivity index (χ4v) is 5.34. The van der Waals surface area contributed by atoms with Gasteiger partial charge in [-0.2, -0.15) is 0 Å². The molecule has 27 heavy (non-hydrogen) atoms. The summed E-state index contributed by atoms with van der Waals surface area (Å²) in [6.45, 7) is 1.98. The van der Waals surface area contributed by atoms with Crippen molar-refractivity contribution < 1.29 is 14.6 Å². The number of ether oxygens (including phenoxy) is 1. The summed E-state index contributed by atoms with van der Waals surface area (Å²) >= 11 is 3.60. The number of nitrogens with one attached hydrogen (secondary N) is 1. The lowest BCUT2D eigenvalue weighted by atomic mass is 9.65. The molecular weight excluding hydrogens is 408 g/mol. The summed E-state index contributed by atoms with van der Waals surface area (Å²) in [5, 5.41) is 13.5. The van der Waals surface area contributed by atoms with Gasteiger partial charge in [-0.1, -0.05) is 41.3 Å². The first-order valence-electron chi connectivity index (χ1n) is 9.89. The molecule has 0 unspecified atom stereocenters. The van der Waals surface area contributed by atoms with E-state index in [1.807, 2.05) is 29.0 Å². The maximum Gasteiger partial charge on any atom is 0.225 e. The molecule has 1 saturated heterocycles. The number of hydrogen-bond donors (Lipinski definition) is 2. The molecule has 1 aliphatic heterocycles. The predicted octanol–water partition coefficient (Wildman–Crippen LogP) is 4.32. The number of benzene rings is 1. The molecule has 1 amide bonds. The van der Waals surface area contributed by atoms with Crippen molar-refractivity contribution in [1.82, 2.24) is 4.57 Å². The smallest absolute Gasteiger partial charge is 0.225 e. The summed E-state index contributed by atoms with van der Waals surface area (Å²) < 4.78 is 8.48. The van der Waals surface area contributed by atoms with E-state index in [0.29, 0.717) is 32.1 Å². The Labute approximate surface area is 168 Å². The van der Waals surface area contributed by atoms with Crippen molar-refractivity contribution in [2.45, 2.75) is 45.1 Å². The minimum atomic E-state index is 0.0191. The van der Waals surface area contributed by atoms with Crippen molar-refractivity contribution in [3.63, 3.8) is 0 Å². The molecule has 2 aromatic rings. The number of aliphatic hydroxyl groups is 1. The number of aliphatic hydroxyl groups excluding tert-OH is 1. The summed E-state index contributed by atoms with van der Waals surface area (Å²) in [4.78, 5) is 12.9. The maximum atomic E-state index is 12.9. The van der Waals surface area contributed by atoms with Gasteiger partial charge in [0.2, 0.25) is 5.91 Å². The summed E-state index contributed by atoms with van der Waals surface area (Å²) in [5.74, 6) is 0.663. The number of rotatable bonds is 6. The van der Waals surface area contributed by atoms with Crippen molar-refractivity contribution in [3.05, 3.63) is 28.9 Å². The van der Waals surface area contributed by atoms with Gasteiger partial charge in [0.05, 0.1) is 31.0 Å². The fraction of sp³-hybridized carbons (Fsp3) is 0.571. The Kier molecular flexibility index (Phi) is 5.58. The van der Waals surface area contributed by atoms with Crippen molar-refractivity contribution in [2.75, 3.05) is 25.1 Å². The average molecular weight is 435 g/mol. The Balaban J connectivity index is 1.54. The normalized spacial score (nSPS) is 19.8. The van der Waals surface area contributed by atoms with Gasteiger partial charge in [0.25, 0.3) is 0 Å². The number of anilines is 1. The third kappa shape index (κ3) is 3.67. The molecule has 6 heteroatoms. The lowest BCUT2D eigenvalue weighted by Crippen LogP contribution is -2.51. The first-order chi connectivity index (χ1) is 13.1. The topological polar surface area (TPSA) is 63.5 Å². The first-order valence-corrected chi connectivity index (χ1v) is 10.7. The van der Waals surface area contributed by atoms with Crippen LogP contribution in [0.1, 0.15) is 38.5 Å². The largest absolute Gasteiger partial charge is 0.395 e. The number of nitrogens with zero attached hydrogens (tertiary/aromatic N) is 1. The molecule has 146 valence electrons. The van der Waals surface area contributed by atoms with Crippen LogP contribution in [0.4, 0.5) is 5.69 Å². The van der Waals surface area contributed by atoms with E-state index < -0.39 is 0 Å². The minimum Gasteiger partial charge on any atom is -0.395 e. The van der Waals surface area contributed by atoms with Crippen LogP contribution in [0.5, 0.6) is 0 Å². The molecule has 1 aliphatic carbocycles. The Hall–Kier alpha value is -1.37. The molecule has 2 aliphatic rings. The number of amides is 1. The molecule has 0 spiro atoms. The highest BCUT2D eigenvalue weighted by Crippen LogP contribution is 2.46. The number of fused-ring (bicyclic) bond motifs is 1. The van der Waals surface area contributed by atoms with Crippen LogP contribution in [0.25, 0.3) is 10.9 Å². The van der Waals surface area contributed by atoms with Crippen LogP contribution in [0.15, 0.2) is 28.9 Å². The highest BCUT2D eigenvalue weighted by Gasteiger charge is 2.47. The van der Waals surface area contributed by atoms with Crippen molar-refractivity contribution in [1.29, 1.82) is 0 Å². The Morgan fingerprint density at radius 2 is 2.07 bits per heavy atom. The van der Waals surface area contributed by atoms with Crippen molar-refractivity contribution >= 4 is 38.4 Å². The van der Waals surface area contributed by atoms with Gasteiger partial charge in [-0.3, -0.25) is 4.79 Å². The molecule has 2 heterocycles. The number of halogens is 1. The van der Waals surface area contributed by atoms with Crippen LogP contribution < -0.4 is 5.32 Å². The third-order valence-electron chi connectivity index (χ3n) is 6.23. The van der Waals surface area contributed by atoms with Gasteiger partial charge in [0.1, 0.15) is 0 Å². The predicted molar refractivity (Wildman–Crippen MR) is 110 cm³/mol. The molecule has 0 atom stereocenters. The lowest BCUT2D eigenvalue weighted by molar-refractivity contribution is -0.163. The van der Waals surface area contributed by atoms with E-state index in [4.69, 9.17) is 4.74 Å². The van der Waals surface area contributed by atoms with Crippen LogP contribution in [-0.2, 0) is 16.1 Å². The van der Waals surface area contributed by atoms with Crippen LogP contribution in [0.3, 0.4) is 0 Å². The molecule has 2 fully saturated rings. The number of hydrogen-bond acceptors (Lipinski definition) is 3. The standard InChI is InChI=1S/C21H27BrN2O3/c22-16-7-4-8-18-20(16)17(12-24(18)9-10-25)23-19(26)11-21(13-27-14-21)15-5-2-1-3-6-15/h4,7-8,12,15,25H,1-3,5-6,9-11,13-14H2,(H,23,26). The van der Waals surface area contributed by atoms with E-state index in [0.717, 1.165) is 21.1 Å². The maximum absolute atomic E-state index is 12.9. The van der Waals surface area contributed by atoms with E-state index in [9.17, 15) is 9.90 Å². The van der Waals surface area contributed by atoms with Gasteiger partial charge in [-0.25, -0.2) is 0 Å². The van der Waals surface area contributed by atoms with Gasteiger partial charge >= 0.3 is 0 Å². The van der Waals surface area contributed by atoms with Crippen LogP contribution in [0.2, 0.25) is 0 Å². The second kappa shape index (κ2) is 7.94. The van der Waals surface area contributed by atoms with Gasteiger partial charge in [-0.15, -0.1) is 0 Å². The SMILES string of the molecule is O=C(CC1(C2CCCCC2)COC1)Nc1cn(CCO)c2cccc(Br)c12. The van der Waals surface area contributed by atoms with E-state index in [-0.39, 0.29) is 17.9 Å². The monoisotopic (exact) mass is 434 g/mol. The zero-order valence-corrected chi connectivity index (χ0v) is 17.1. The van der Waals surface area contributed by atoms with Crippen molar-refractivity contribution in [2.24, 2.45) is 11.3 Å². The molecule has 1 aromatic heterocycles.